The van der Waals surface area contributed by atoms with Crippen molar-refractivity contribution in [3.8, 4) is 66.8 Å². The molecule has 0 N–H and O–H groups in total. The Morgan fingerprint density at radius 2 is 0.419 bits per heavy atom. The molecular formula is C60H51ClSi. The van der Waals surface area contributed by atoms with Gasteiger partial charge in [0.25, 0.3) is 7.38 Å². The highest BCUT2D eigenvalue weighted by atomic mass is 35.6. The largest absolute Gasteiger partial charge is 0.250 e. The Hall–Kier alpha value is -6.51. The van der Waals surface area contributed by atoms with E-state index in [1.54, 1.807) is 0 Å². The number of hydrogen-bond acceptors (Lipinski definition) is 0. The highest BCUT2D eigenvalue weighted by Gasteiger charge is 2.48. The van der Waals surface area contributed by atoms with Gasteiger partial charge in [-0.25, -0.2) is 0 Å². The van der Waals surface area contributed by atoms with Crippen molar-refractivity contribution in [2.75, 3.05) is 0 Å². The first-order valence-electron chi connectivity index (χ1n) is 21.6. The predicted molar refractivity (Wildman–Crippen MR) is 271 cm³/mol. The van der Waals surface area contributed by atoms with E-state index < -0.39 is 7.38 Å². The molecule has 0 saturated heterocycles. The molecule has 0 aliphatic carbocycles. The standard InChI is InChI=1S/C60H51ClSi/c1-40-43(4)58(55(49-31-19-10-20-32-49)37-52(40)46-25-13-7-14-26-46)62(61,59-44(5)41(2)53(47-27-15-8-16-28-47)38-56(59)50-33-21-11-22-34-50)60-45(6)42(3)54(48-29-17-9-18-30-48)39-57(60)51-35-23-12-24-36-51/h7-39H,1-6H3. The summed E-state index contributed by atoms with van der Waals surface area (Å²) < 4.78 is 0. The Bertz CT molecular complexity index is 2700. The number of hydrogen-bond donors (Lipinski definition) is 0. The normalized spacial score (nSPS) is 11.5. The monoisotopic (exact) mass is 834 g/mol. The van der Waals surface area contributed by atoms with Crippen LogP contribution in [0.15, 0.2) is 200 Å². The van der Waals surface area contributed by atoms with Gasteiger partial charge in [-0.1, -0.05) is 182 Å². The van der Waals surface area contributed by atoms with E-state index in [0.29, 0.717) is 0 Å². The smallest absolute Gasteiger partial charge is 0.149 e. The lowest BCUT2D eigenvalue weighted by atomic mass is 9.91. The highest BCUT2D eigenvalue weighted by Crippen LogP contribution is 2.41. The molecule has 0 radical (unpaired) electrons. The third kappa shape index (κ3) is 7.16. The summed E-state index contributed by atoms with van der Waals surface area (Å²) in [7, 11) is -3.69. The molecular weight excluding hydrogens is 784 g/mol. The first kappa shape index (κ1) is 40.9. The van der Waals surface area contributed by atoms with Gasteiger partial charge in [0.15, 0.2) is 0 Å². The van der Waals surface area contributed by atoms with E-state index in [-0.39, 0.29) is 0 Å². The average Bonchev–Trinajstić information content (AvgIpc) is 3.32. The summed E-state index contributed by atoms with van der Waals surface area (Å²) in [5, 5.41) is 3.71. The van der Waals surface area contributed by atoms with Crippen molar-refractivity contribution in [3.05, 3.63) is 234 Å². The Balaban J connectivity index is 1.53. The van der Waals surface area contributed by atoms with E-state index in [1.165, 1.54) is 99.0 Å². The molecule has 0 fully saturated rings. The Kier molecular flexibility index (Phi) is 11.3. The van der Waals surface area contributed by atoms with Crippen molar-refractivity contribution in [1.29, 1.82) is 0 Å². The maximum atomic E-state index is 9.45. The second kappa shape index (κ2) is 17.1. The molecule has 0 atom stereocenters. The van der Waals surface area contributed by atoms with Crippen LogP contribution in [0.5, 0.6) is 0 Å². The van der Waals surface area contributed by atoms with Crippen LogP contribution in [0.2, 0.25) is 0 Å². The van der Waals surface area contributed by atoms with E-state index in [2.05, 4.69) is 242 Å². The zero-order valence-corrected chi connectivity index (χ0v) is 38.2. The van der Waals surface area contributed by atoms with Crippen LogP contribution in [0.25, 0.3) is 66.8 Å². The van der Waals surface area contributed by atoms with E-state index in [1.807, 2.05) is 0 Å². The third-order valence-electron chi connectivity index (χ3n) is 13.2. The van der Waals surface area contributed by atoms with Crippen molar-refractivity contribution in [1.82, 2.24) is 0 Å². The Labute approximate surface area is 373 Å². The zero-order valence-electron chi connectivity index (χ0n) is 36.4. The SMILES string of the molecule is Cc1c(-c2ccccc2)cc(-c2ccccc2)c([Si](Cl)(c2c(-c3ccccc3)cc(-c3ccccc3)c(C)c2C)c2c(-c3ccccc3)cc(-c3ccccc3)c(C)c2C)c1C. The van der Waals surface area contributed by atoms with Gasteiger partial charge in [-0.15, -0.1) is 11.1 Å². The molecule has 0 bridgehead atoms. The fraction of sp³-hybridized carbons (Fsp3) is 0.100. The van der Waals surface area contributed by atoms with E-state index in [0.717, 1.165) is 16.7 Å². The lowest BCUT2D eigenvalue weighted by Crippen LogP contribution is -2.67. The second-order valence-electron chi connectivity index (χ2n) is 16.6. The summed E-state index contributed by atoms with van der Waals surface area (Å²) in [4.78, 5) is 0. The van der Waals surface area contributed by atoms with Gasteiger partial charge < -0.3 is 0 Å². The van der Waals surface area contributed by atoms with Gasteiger partial charge in [-0.3, -0.25) is 0 Å². The molecule has 9 aromatic carbocycles. The summed E-state index contributed by atoms with van der Waals surface area (Å²) in [5.74, 6) is 0. The molecule has 0 aromatic heterocycles. The maximum Gasteiger partial charge on any atom is 0.250 e. The lowest BCUT2D eigenvalue weighted by Gasteiger charge is -2.38. The fourth-order valence-electron chi connectivity index (χ4n) is 9.74. The van der Waals surface area contributed by atoms with Crippen LogP contribution >= 0.6 is 11.1 Å². The van der Waals surface area contributed by atoms with Crippen LogP contribution in [0, 0.1) is 41.5 Å². The lowest BCUT2D eigenvalue weighted by molar-refractivity contribution is 1.34. The van der Waals surface area contributed by atoms with E-state index in [9.17, 15) is 11.1 Å². The first-order chi connectivity index (χ1) is 30.2. The van der Waals surface area contributed by atoms with Gasteiger partial charge >= 0.3 is 0 Å². The summed E-state index contributed by atoms with van der Waals surface area (Å²) in [6.45, 7) is 13.9. The second-order valence-corrected chi connectivity index (χ2v) is 21.2. The van der Waals surface area contributed by atoms with Crippen molar-refractivity contribution < 1.29 is 0 Å². The molecule has 2 heteroatoms. The zero-order chi connectivity index (χ0) is 43.0. The van der Waals surface area contributed by atoms with Crippen molar-refractivity contribution in [3.63, 3.8) is 0 Å². The van der Waals surface area contributed by atoms with Crippen LogP contribution in [0.3, 0.4) is 0 Å². The molecule has 9 rings (SSSR count). The first-order valence-corrected chi connectivity index (χ1v) is 24.6. The van der Waals surface area contributed by atoms with Crippen molar-refractivity contribution in [2.24, 2.45) is 0 Å². The van der Waals surface area contributed by atoms with Gasteiger partial charge in [-0.2, -0.15) is 0 Å². The average molecular weight is 836 g/mol. The summed E-state index contributed by atoms with van der Waals surface area (Å²) in [6, 6.07) is 72.7. The van der Waals surface area contributed by atoms with Crippen LogP contribution in [0.4, 0.5) is 0 Å². The molecule has 0 amide bonds. The van der Waals surface area contributed by atoms with Crippen LogP contribution in [-0.2, 0) is 0 Å². The number of benzene rings is 9. The Morgan fingerprint density at radius 1 is 0.242 bits per heavy atom. The predicted octanol–water partition coefficient (Wildman–Crippen LogP) is 14.7. The van der Waals surface area contributed by atoms with E-state index in [4.69, 9.17) is 0 Å². The summed E-state index contributed by atoms with van der Waals surface area (Å²) in [6.07, 6.45) is 0. The minimum atomic E-state index is -3.69. The number of halogens is 1. The van der Waals surface area contributed by atoms with Gasteiger partial charge in [0.1, 0.15) is 0 Å². The van der Waals surface area contributed by atoms with Gasteiger partial charge in [0.05, 0.1) is 0 Å². The van der Waals surface area contributed by atoms with Gasteiger partial charge in [0.2, 0.25) is 0 Å². The van der Waals surface area contributed by atoms with Crippen LogP contribution < -0.4 is 15.6 Å². The van der Waals surface area contributed by atoms with Gasteiger partial charge in [-0.05, 0) is 175 Å². The molecule has 0 aliphatic heterocycles. The topological polar surface area (TPSA) is 0 Å². The minimum Gasteiger partial charge on any atom is -0.149 e. The molecule has 0 nitrogen and oxygen atoms in total. The quantitative estimate of drug-likeness (QED) is 0.0772. The molecule has 0 spiro atoms. The summed E-state index contributed by atoms with van der Waals surface area (Å²) in [5.41, 5.74) is 21.8. The van der Waals surface area contributed by atoms with E-state index >= 15 is 0 Å². The molecule has 302 valence electrons. The van der Waals surface area contributed by atoms with Crippen LogP contribution in [-0.4, -0.2) is 7.38 Å². The molecule has 0 saturated carbocycles. The van der Waals surface area contributed by atoms with Crippen molar-refractivity contribution >= 4 is 34.0 Å². The third-order valence-corrected chi connectivity index (χ3v) is 18.9. The molecule has 0 unspecified atom stereocenters. The molecule has 0 heterocycles. The molecule has 0 aliphatic rings. The Morgan fingerprint density at radius 3 is 0.613 bits per heavy atom. The molecule has 9 aromatic rings. The number of rotatable bonds is 9. The maximum absolute atomic E-state index is 9.45. The summed E-state index contributed by atoms with van der Waals surface area (Å²) >= 11 is 9.45. The van der Waals surface area contributed by atoms with Crippen molar-refractivity contribution in [2.45, 2.75) is 41.5 Å². The fourth-order valence-corrected chi connectivity index (χ4v) is 16.6. The van der Waals surface area contributed by atoms with Crippen LogP contribution in [0.1, 0.15) is 33.4 Å². The van der Waals surface area contributed by atoms with Gasteiger partial charge in [0, 0.05) is 0 Å². The minimum absolute atomic E-state index is 1.16. The highest BCUT2D eigenvalue weighted by molar-refractivity contribution is 7.41. The molecule has 62 heavy (non-hydrogen) atoms.